The second kappa shape index (κ2) is 7.35. The summed E-state index contributed by atoms with van der Waals surface area (Å²) in [6, 6.07) is 9.79. The van der Waals surface area contributed by atoms with E-state index in [0.29, 0.717) is 12.4 Å². The zero-order chi connectivity index (χ0) is 16.8. The fraction of sp³-hybridized carbons (Fsp3) is 0.167. The Hall–Kier alpha value is -2.95. The van der Waals surface area contributed by atoms with E-state index in [-0.39, 0.29) is 17.1 Å². The first-order valence-electron chi connectivity index (χ1n) is 7.11. The van der Waals surface area contributed by atoms with Crippen LogP contribution in [0.25, 0.3) is 12.2 Å². The number of carbonyl (C=O) groups is 1. The molecule has 2 rings (SSSR count). The molecule has 0 unspecified atom stereocenters. The first kappa shape index (κ1) is 16.4. The minimum Gasteiger partial charge on any atom is -0.504 e. The lowest BCUT2D eigenvalue weighted by Crippen LogP contribution is -1.98. The van der Waals surface area contributed by atoms with Gasteiger partial charge in [-0.1, -0.05) is 24.3 Å². The number of aromatic hydroxyl groups is 1. The molecule has 2 N–H and O–H groups in total. The first-order valence-corrected chi connectivity index (χ1v) is 7.11. The molecule has 0 aliphatic heterocycles. The Morgan fingerprint density at radius 1 is 1.09 bits per heavy atom. The summed E-state index contributed by atoms with van der Waals surface area (Å²) in [5, 5.41) is 18.7. The van der Waals surface area contributed by atoms with E-state index in [1.165, 1.54) is 13.2 Å². The predicted molar refractivity (Wildman–Crippen MR) is 88.2 cm³/mol. The molecule has 0 atom stereocenters. The summed E-state index contributed by atoms with van der Waals surface area (Å²) in [4.78, 5) is 10.8. The molecule has 0 saturated heterocycles. The van der Waals surface area contributed by atoms with Crippen LogP contribution in [0.3, 0.4) is 0 Å². The van der Waals surface area contributed by atoms with Crippen LogP contribution in [0.4, 0.5) is 0 Å². The SMILES string of the molecule is CCOc1c(/C=C/c2ccc(C(=O)O)cc2)ccc(O)c1OC. The van der Waals surface area contributed by atoms with Gasteiger partial charge in [0, 0.05) is 5.56 Å². The van der Waals surface area contributed by atoms with Crippen LogP contribution in [0.1, 0.15) is 28.4 Å². The summed E-state index contributed by atoms with van der Waals surface area (Å²) in [6.45, 7) is 2.29. The summed E-state index contributed by atoms with van der Waals surface area (Å²) >= 11 is 0. The molecule has 0 aliphatic carbocycles. The van der Waals surface area contributed by atoms with Gasteiger partial charge in [-0.2, -0.15) is 0 Å². The van der Waals surface area contributed by atoms with Crippen LogP contribution in [0, 0.1) is 0 Å². The van der Waals surface area contributed by atoms with Gasteiger partial charge < -0.3 is 19.7 Å². The van der Waals surface area contributed by atoms with Crippen molar-refractivity contribution in [2.24, 2.45) is 0 Å². The van der Waals surface area contributed by atoms with E-state index >= 15 is 0 Å². The van der Waals surface area contributed by atoms with E-state index in [1.807, 2.05) is 19.1 Å². The van der Waals surface area contributed by atoms with Crippen LogP contribution in [-0.2, 0) is 0 Å². The number of benzene rings is 2. The molecule has 2 aromatic rings. The van der Waals surface area contributed by atoms with Gasteiger partial charge in [0.15, 0.2) is 11.5 Å². The highest BCUT2D eigenvalue weighted by Crippen LogP contribution is 2.40. The van der Waals surface area contributed by atoms with Crippen molar-refractivity contribution < 1.29 is 24.5 Å². The summed E-state index contributed by atoms with van der Waals surface area (Å²) in [5.41, 5.74) is 1.84. The van der Waals surface area contributed by atoms with Crippen LogP contribution in [0.2, 0.25) is 0 Å². The van der Waals surface area contributed by atoms with Gasteiger partial charge in [-0.25, -0.2) is 4.79 Å². The van der Waals surface area contributed by atoms with Crippen molar-refractivity contribution in [2.45, 2.75) is 6.92 Å². The van der Waals surface area contributed by atoms with E-state index in [9.17, 15) is 9.90 Å². The van der Waals surface area contributed by atoms with Crippen LogP contribution in [-0.4, -0.2) is 29.9 Å². The Morgan fingerprint density at radius 3 is 2.35 bits per heavy atom. The molecule has 0 radical (unpaired) electrons. The highest BCUT2D eigenvalue weighted by Gasteiger charge is 2.13. The molecule has 0 bridgehead atoms. The number of methoxy groups -OCH3 is 1. The number of hydrogen-bond acceptors (Lipinski definition) is 4. The van der Waals surface area contributed by atoms with Crippen LogP contribution < -0.4 is 9.47 Å². The second-order valence-corrected chi connectivity index (χ2v) is 4.73. The first-order chi connectivity index (χ1) is 11.1. The monoisotopic (exact) mass is 314 g/mol. The largest absolute Gasteiger partial charge is 0.504 e. The van der Waals surface area contributed by atoms with Gasteiger partial charge in [-0.3, -0.25) is 0 Å². The smallest absolute Gasteiger partial charge is 0.335 e. The average molecular weight is 314 g/mol. The minimum atomic E-state index is -0.956. The van der Waals surface area contributed by atoms with Gasteiger partial charge in [0.1, 0.15) is 0 Å². The van der Waals surface area contributed by atoms with E-state index in [2.05, 4.69) is 0 Å². The molecular weight excluding hydrogens is 296 g/mol. The molecule has 0 fully saturated rings. The molecule has 23 heavy (non-hydrogen) atoms. The van der Waals surface area contributed by atoms with Gasteiger partial charge in [0.05, 0.1) is 19.3 Å². The quantitative estimate of drug-likeness (QED) is 0.796. The molecule has 5 nitrogen and oxygen atoms in total. The van der Waals surface area contributed by atoms with Crippen molar-refractivity contribution in [3.8, 4) is 17.2 Å². The zero-order valence-electron chi connectivity index (χ0n) is 12.9. The molecule has 5 heteroatoms. The Balaban J connectivity index is 2.33. The number of hydrogen-bond donors (Lipinski definition) is 2. The molecule has 0 heterocycles. The Labute approximate surface area is 134 Å². The van der Waals surface area contributed by atoms with E-state index in [0.717, 1.165) is 11.1 Å². The fourth-order valence-electron chi connectivity index (χ4n) is 2.11. The average Bonchev–Trinajstić information content (AvgIpc) is 2.55. The highest BCUT2D eigenvalue weighted by molar-refractivity contribution is 5.88. The number of phenols is 1. The normalized spacial score (nSPS) is 10.7. The number of rotatable bonds is 6. The third-order valence-corrected chi connectivity index (χ3v) is 3.23. The van der Waals surface area contributed by atoms with Crippen molar-refractivity contribution in [1.29, 1.82) is 0 Å². The number of phenolic OH excluding ortho intramolecular Hbond substituents is 1. The van der Waals surface area contributed by atoms with Gasteiger partial charge in [0.25, 0.3) is 0 Å². The van der Waals surface area contributed by atoms with Gasteiger partial charge in [-0.15, -0.1) is 0 Å². The van der Waals surface area contributed by atoms with E-state index < -0.39 is 5.97 Å². The van der Waals surface area contributed by atoms with Crippen molar-refractivity contribution >= 4 is 18.1 Å². The lowest BCUT2D eigenvalue weighted by atomic mass is 10.1. The maximum Gasteiger partial charge on any atom is 0.335 e. The number of carboxylic acids is 1. The summed E-state index contributed by atoms with van der Waals surface area (Å²) in [6.07, 6.45) is 3.66. The Bertz CT molecular complexity index is 717. The standard InChI is InChI=1S/C18H18O5/c1-3-23-16-13(10-11-15(19)17(16)22-2)7-4-12-5-8-14(9-6-12)18(20)21/h4-11,19H,3H2,1-2H3,(H,20,21)/b7-4+. The topological polar surface area (TPSA) is 76.0 Å². The Morgan fingerprint density at radius 2 is 1.78 bits per heavy atom. The molecule has 120 valence electrons. The van der Waals surface area contributed by atoms with E-state index in [4.69, 9.17) is 14.6 Å². The summed E-state index contributed by atoms with van der Waals surface area (Å²) < 4.78 is 10.8. The van der Waals surface area contributed by atoms with Gasteiger partial charge in [0.2, 0.25) is 5.75 Å². The lowest BCUT2D eigenvalue weighted by Gasteiger charge is -2.13. The van der Waals surface area contributed by atoms with Crippen molar-refractivity contribution in [3.63, 3.8) is 0 Å². The van der Waals surface area contributed by atoms with Gasteiger partial charge >= 0.3 is 5.97 Å². The van der Waals surface area contributed by atoms with Crippen LogP contribution >= 0.6 is 0 Å². The van der Waals surface area contributed by atoms with Crippen LogP contribution in [0.15, 0.2) is 36.4 Å². The molecule has 0 saturated carbocycles. The molecule has 0 amide bonds. The lowest BCUT2D eigenvalue weighted by molar-refractivity contribution is 0.0697. The van der Waals surface area contributed by atoms with Crippen molar-refractivity contribution in [1.82, 2.24) is 0 Å². The maximum absolute atomic E-state index is 10.8. The third-order valence-electron chi connectivity index (χ3n) is 3.23. The fourth-order valence-corrected chi connectivity index (χ4v) is 2.11. The molecule has 0 spiro atoms. The molecule has 0 aliphatic rings. The minimum absolute atomic E-state index is 0.0129. The van der Waals surface area contributed by atoms with E-state index in [1.54, 1.807) is 30.3 Å². The second-order valence-electron chi connectivity index (χ2n) is 4.73. The summed E-state index contributed by atoms with van der Waals surface area (Å²) in [5.74, 6) is -0.190. The summed E-state index contributed by atoms with van der Waals surface area (Å²) in [7, 11) is 1.47. The molecule has 2 aromatic carbocycles. The maximum atomic E-state index is 10.8. The number of aromatic carboxylic acids is 1. The number of carboxylic acid groups (broad SMARTS) is 1. The zero-order valence-corrected chi connectivity index (χ0v) is 12.9. The third kappa shape index (κ3) is 3.83. The van der Waals surface area contributed by atoms with Gasteiger partial charge in [-0.05, 0) is 36.8 Å². The van der Waals surface area contributed by atoms with Crippen LogP contribution in [0.5, 0.6) is 17.2 Å². The Kier molecular flexibility index (Phi) is 5.25. The number of ether oxygens (including phenoxy) is 2. The highest BCUT2D eigenvalue weighted by atomic mass is 16.5. The van der Waals surface area contributed by atoms with Crippen molar-refractivity contribution in [3.05, 3.63) is 53.1 Å². The molecular formula is C18H18O5. The molecule has 0 aromatic heterocycles. The predicted octanol–water partition coefficient (Wildman–Crippen LogP) is 3.67. The van der Waals surface area contributed by atoms with Crippen molar-refractivity contribution in [2.75, 3.05) is 13.7 Å².